The van der Waals surface area contributed by atoms with Crippen molar-refractivity contribution in [3.63, 3.8) is 0 Å². The summed E-state index contributed by atoms with van der Waals surface area (Å²) in [6.45, 7) is 6.18. The summed E-state index contributed by atoms with van der Waals surface area (Å²) in [4.78, 5) is 7.21. The van der Waals surface area contributed by atoms with Gasteiger partial charge in [0, 0.05) is 37.5 Å². The molecule has 0 radical (unpaired) electrons. The molecule has 5 heteroatoms. The molecule has 1 saturated heterocycles. The van der Waals surface area contributed by atoms with Gasteiger partial charge in [-0.1, -0.05) is 6.07 Å². The molecule has 2 N–H and O–H groups in total. The molecule has 146 valence electrons. The minimum absolute atomic E-state index is 0.373. The first-order valence-corrected chi connectivity index (χ1v) is 10.3. The van der Waals surface area contributed by atoms with Gasteiger partial charge in [0.05, 0.1) is 6.10 Å². The molecule has 1 aromatic rings. The third-order valence-corrected chi connectivity index (χ3v) is 6.20. The lowest BCUT2D eigenvalue weighted by Crippen LogP contribution is -2.44. The molecule has 1 unspecified atom stereocenters. The number of pyridine rings is 1. The van der Waals surface area contributed by atoms with E-state index in [4.69, 9.17) is 9.72 Å². The topological polar surface area (TPSA) is 57.6 Å². The minimum Gasteiger partial charge on any atom is -0.381 e. The van der Waals surface area contributed by atoms with Gasteiger partial charge in [0.2, 0.25) is 0 Å². The number of aliphatic hydroxyl groups excluding tert-OH is 1. The second kappa shape index (κ2) is 9.79. The summed E-state index contributed by atoms with van der Waals surface area (Å²) < 4.78 is 5.41. The Hall–Kier alpha value is -1.01. The quantitative estimate of drug-likeness (QED) is 0.731. The van der Waals surface area contributed by atoms with E-state index < -0.39 is 0 Å². The lowest BCUT2D eigenvalue weighted by Gasteiger charge is -2.33. The van der Waals surface area contributed by atoms with Gasteiger partial charge in [-0.15, -0.1) is 0 Å². The SMILES string of the molecule is COC1CCC(C(O)NCCN2CCC(c3cccc(C)n3)CC2)CC1. The van der Waals surface area contributed by atoms with Crippen molar-refractivity contribution < 1.29 is 9.84 Å². The van der Waals surface area contributed by atoms with E-state index in [2.05, 4.69) is 35.3 Å². The number of aromatic nitrogens is 1. The van der Waals surface area contributed by atoms with Crippen LogP contribution in [0.1, 0.15) is 55.8 Å². The molecule has 1 aromatic heterocycles. The summed E-state index contributed by atoms with van der Waals surface area (Å²) in [5.74, 6) is 0.972. The minimum atomic E-state index is -0.373. The molecular formula is C21H35N3O2. The number of nitrogens with zero attached hydrogens (tertiary/aromatic N) is 2. The van der Waals surface area contributed by atoms with E-state index in [1.165, 1.54) is 18.5 Å². The molecule has 2 heterocycles. The van der Waals surface area contributed by atoms with Crippen LogP contribution in [0, 0.1) is 12.8 Å². The van der Waals surface area contributed by atoms with Crippen LogP contribution in [0.5, 0.6) is 0 Å². The van der Waals surface area contributed by atoms with Gasteiger partial charge in [0.15, 0.2) is 0 Å². The fraction of sp³-hybridized carbons (Fsp3) is 0.762. The predicted octanol–water partition coefficient (Wildman–Crippen LogP) is 2.68. The van der Waals surface area contributed by atoms with Crippen LogP contribution in [-0.4, -0.2) is 60.6 Å². The number of aryl methyl sites for hydroxylation is 1. The predicted molar refractivity (Wildman–Crippen MR) is 104 cm³/mol. The Bertz CT molecular complexity index is 538. The molecule has 0 spiro atoms. The van der Waals surface area contributed by atoms with Gasteiger partial charge in [-0.3, -0.25) is 10.3 Å². The van der Waals surface area contributed by atoms with E-state index in [0.717, 1.165) is 57.6 Å². The lowest BCUT2D eigenvalue weighted by atomic mass is 9.86. The second-order valence-corrected chi connectivity index (χ2v) is 7.99. The summed E-state index contributed by atoms with van der Waals surface area (Å²) in [7, 11) is 1.79. The Morgan fingerprint density at radius 3 is 2.58 bits per heavy atom. The van der Waals surface area contributed by atoms with E-state index in [-0.39, 0.29) is 6.23 Å². The molecule has 1 atom stereocenters. The maximum absolute atomic E-state index is 10.4. The molecule has 2 fully saturated rings. The number of rotatable bonds is 7. The lowest BCUT2D eigenvalue weighted by molar-refractivity contribution is 0.00576. The molecule has 5 nitrogen and oxygen atoms in total. The summed E-state index contributed by atoms with van der Waals surface area (Å²) in [5, 5.41) is 13.7. The Morgan fingerprint density at radius 2 is 1.92 bits per heavy atom. The zero-order valence-corrected chi connectivity index (χ0v) is 16.4. The van der Waals surface area contributed by atoms with Gasteiger partial charge in [0.25, 0.3) is 0 Å². The van der Waals surface area contributed by atoms with Gasteiger partial charge in [-0.25, -0.2) is 0 Å². The molecule has 1 aliphatic carbocycles. The summed E-state index contributed by atoms with van der Waals surface area (Å²) >= 11 is 0. The number of methoxy groups -OCH3 is 1. The van der Waals surface area contributed by atoms with Crippen molar-refractivity contribution in [3.05, 3.63) is 29.6 Å². The van der Waals surface area contributed by atoms with E-state index in [9.17, 15) is 5.11 Å². The molecule has 0 bridgehead atoms. The zero-order chi connectivity index (χ0) is 18.4. The fourth-order valence-corrected chi connectivity index (χ4v) is 4.42. The number of hydrogen-bond acceptors (Lipinski definition) is 5. The van der Waals surface area contributed by atoms with Crippen molar-refractivity contribution in [3.8, 4) is 0 Å². The first kappa shape index (κ1) is 19.7. The van der Waals surface area contributed by atoms with E-state index in [0.29, 0.717) is 17.9 Å². The summed E-state index contributed by atoms with van der Waals surface area (Å²) in [6.07, 6.45) is 6.63. The summed E-state index contributed by atoms with van der Waals surface area (Å²) in [6, 6.07) is 6.36. The van der Waals surface area contributed by atoms with Crippen LogP contribution in [-0.2, 0) is 4.74 Å². The van der Waals surface area contributed by atoms with Crippen LogP contribution in [0.4, 0.5) is 0 Å². The molecule has 3 rings (SSSR count). The van der Waals surface area contributed by atoms with Crippen LogP contribution >= 0.6 is 0 Å². The van der Waals surface area contributed by atoms with Crippen LogP contribution in [0.25, 0.3) is 0 Å². The average molecular weight is 362 g/mol. The van der Waals surface area contributed by atoms with Crippen molar-refractivity contribution in [1.82, 2.24) is 15.2 Å². The highest BCUT2D eigenvalue weighted by Crippen LogP contribution is 2.28. The smallest absolute Gasteiger partial charge is 0.107 e. The number of likely N-dealkylation sites (tertiary alicyclic amines) is 1. The van der Waals surface area contributed by atoms with E-state index >= 15 is 0 Å². The Balaban J connectivity index is 1.33. The Labute approximate surface area is 158 Å². The normalized spacial score (nSPS) is 26.7. The first-order valence-electron chi connectivity index (χ1n) is 10.3. The van der Waals surface area contributed by atoms with Crippen molar-refractivity contribution >= 4 is 0 Å². The van der Waals surface area contributed by atoms with Gasteiger partial charge in [-0.05, 0) is 76.6 Å². The van der Waals surface area contributed by atoms with Gasteiger partial charge < -0.3 is 14.7 Å². The number of ether oxygens (including phenoxy) is 1. The number of piperidine rings is 1. The number of aliphatic hydroxyl groups is 1. The van der Waals surface area contributed by atoms with E-state index in [1.54, 1.807) is 7.11 Å². The van der Waals surface area contributed by atoms with Crippen LogP contribution in [0.15, 0.2) is 18.2 Å². The summed E-state index contributed by atoms with van der Waals surface area (Å²) in [5.41, 5.74) is 2.37. The van der Waals surface area contributed by atoms with Crippen molar-refractivity contribution in [2.45, 2.75) is 63.7 Å². The average Bonchev–Trinajstić information content (AvgIpc) is 2.68. The molecule has 1 aliphatic heterocycles. The van der Waals surface area contributed by atoms with Crippen LogP contribution in [0.2, 0.25) is 0 Å². The standard InChI is InChI=1S/C21H35N3O2/c1-16-4-3-5-20(23-16)17-10-13-24(14-11-17)15-12-22-21(25)18-6-8-19(26-2)9-7-18/h3-5,17-19,21-22,25H,6-15H2,1-2H3. The molecule has 1 saturated carbocycles. The molecule has 0 aromatic carbocycles. The van der Waals surface area contributed by atoms with Gasteiger partial charge >= 0.3 is 0 Å². The van der Waals surface area contributed by atoms with Gasteiger partial charge in [-0.2, -0.15) is 0 Å². The molecule has 2 aliphatic rings. The van der Waals surface area contributed by atoms with Gasteiger partial charge in [0.1, 0.15) is 6.23 Å². The van der Waals surface area contributed by atoms with Crippen molar-refractivity contribution in [1.29, 1.82) is 0 Å². The second-order valence-electron chi connectivity index (χ2n) is 7.99. The molecule has 0 amide bonds. The third-order valence-electron chi connectivity index (χ3n) is 6.20. The van der Waals surface area contributed by atoms with E-state index in [1.807, 2.05) is 0 Å². The highest BCUT2D eigenvalue weighted by Gasteiger charge is 2.26. The monoisotopic (exact) mass is 361 g/mol. The zero-order valence-electron chi connectivity index (χ0n) is 16.4. The highest BCUT2D eigenvalue weighted by molar-refractivity contribution is 5.14. The number of hydrogen-bond donors (Lipinski definition) is 2. The van der Waals surface area contributed by atoms with Crippen LogP contribution in [0.3, 0.4) is 0 Å². The first-order chi connectivity index (χ1) is 12.7. The third kappa shape index (κ3) is 5.49. The maximum Gasteiger partial charge on any atom is 0.107 e. The fourth-order valence-electron chi connectivity index (χ4n) is 4.42. The van der Waals surface area contributed by atoms with Crippen molar-refractivity contribution in [2.75, 3.05) is 33.3 Å². The van der Waals surface area contributed by atoms with Crippen molar-refractivity contribution in [2.24, 2.45) is 5.92 Å². The Kier molecular flexibility index (Phi) is 7.43. The Morgan fingerprint density at radius 1 is 1.19 bits per heavy atom. The highest BCUT2D eigenvalue weighted by atomic mass is 16.5. The maximum atomic E-state index is 10.4. The largest absolute Gasteiger partial charge is 0.381 e. The number of nitrogens with one attached hydrogen (secondary N) is 1. The molecular weight excluding hydrogens is 326 g/mol. The van der Waals surface area contributed by atoms with Crippen LogP contribution < -0.4 is 5.32 Å². The molecule has 26 heavy (non-hydrogen) atoms.